The Balaban J connectivity index is 3.07. The van der Waals surface area contributed by atoms with Crippen LogP contribution in [0.5, 0.6) is 11.5 Å². The second-order valence-corrected chi connectivity index (χ2v) is 6.08. The molecule has 4 N–H and O–H groups in total. The number of methoxy groups -OCH3 is 2. The van der Waals surface area contributed by atoms with Crippen molar-refractivity contribution in [2.75, 3.05) is 20.0 Å². The van der Waals surface area contributed by atoms with Gasteiger partial charge in [-0.05, 0) is 40.8 Å². The highest BCUT2D eigenvalue weighted by molar-refractivity contribution is 9.10. The monoisotopic (exact) mass is 358 g/mol. The van der Waals surface area contributed by atoms with Crippen LogP contribution in [0.15, 0.2) is 10.5 Å². The maximum atomic E-state index is 11.5. The number of ether oxygens (including phenoxy) is 2. The van der Waals surface area contributed by atoms with Crippen LogP contribution in [0, 0.1) is 11.8 Å². The summed E-state index contributed by atoms with van der Waals surface area (Å²) in [5.41, 5.74) is 12.9. The number of amides is 1. The molecule has 1 aromatic rings. The number of aryl methyl sites for hydroxylation is 1. The largest absolute Gasteiger partial charge is 0.495 e. The topological polar surface area (TPSA) is 87.6 Å². The first-order valence-electron chi connectivity index (χ1n) is 6.81. The minimum atomic E-state index is -0.277. The molecular formula is C15H23BrN2O3. The molecule has 1 atom stereocenters. The fraction of sp³-hybridized carbons (Fsp3) is 0.533. The zero-order valence-electron chi connectivity index (χ0n) is 12.9. The van der Waals surface area contributed by atoms with Crippen molar-refractivity contribution in [1.82, 2.24) is 0 Å². The Morgan fingerprint density at radius 1 is 1.33 bits per heavy atom. The minimum Gasteiger partial charge on any atom is -0.495 e. The first-order valence-corrected chi connectivity index (χ1v) is 7.60. The highest BCUT2D eigenvalue weighted by atomic mass is 79.9. The van der Waals surface area contributed by atoms with Gasteiger partial charge in [-0.2, -0.15) is 0 Å². The van der Waals surface area contributed by atoms with Crippen molar-refractivity contribution in [1.29, 1.82) is 0 Å². The quantitative estimate of drug-likeness (QED) is 0.733. The predicted octanol–water partition coefficient (Wildman–Crippen LogP) is 2.74. The summed E-state index contributed by atoms with van der Waals surface area (Å²) in [5, 5.41) is 0. The first-order chi connectivity index (χ1) is 9.83. The van der Waals surface area contributed by atoms with E-state index in [0.29, 0.717) is 34.5 Å². The molecule has 118 valence electrons. The Bertz CT molecular complexity index is 518. The summed E-state index contributed by atoms with van der Waals surface area (Å²) in [5.74, 6) is 0.993. The highest BCUT2D eigenvalue weighted by Crippen LogP contribution is 2.41. The van der Waals surface area contributed by atoms with E-state index in [0.717, 1.165) is 5.56 Å². The number of hydrogen-bond donors (Lipinski definition) is 2. The van der Waals surface area contributed by atoms with E-state index in [1.54, 1.807) is 14.2 Å². The van der Waals surface area contributed by atoms with E-state index < -0.39 is 0 Å². The lowest BCUT2D eigenvalue weighted by molar-refractivity contribution is -0.123. The van der Waals surface area contributed by atoms with Crippen LogP contribution in [0.4, 0.5) is 5.69 Å². The van der Waals surface area contributed by atoms with Gasteiger partial charge in [0.2, 0.25) is 5.91 Å². The average Bonchev–Trinajstić information content (AvgIpc) is 2.42. The number of hydrogen-bond acceptors (Lipinski definition) is 4. The number of nitrogen functional groups attached to an aromatic ring is 1. The number of carbonyl (C=O) groups is 1. The molecule has 5 nitrogen and oxygen atoms in total. The van der Waals surface area contributed by atoms with Gasteiger partial charge in [0, 0.05) is 11.5 Å². The molecule has 0 fully saturated rings. The SMILES string of the molecule is COc1cc(CC[C@H](C(N)=O)C(C)C)c(OC)c(N)c1Br. The molecule has 0 spiro atoms. The van der Waals surface area contributed by atoms with Gasteiger partial charge < -0.3 is 20.9 Å². The van der Waals surface area contributed by atoms with E-state index in [4.69, 9.17) is 20.9 Å². The van der Waals surface area contributed by atoms with Crippen molar-refractivity contribution in [3.05, 3.63) is 16.1 Å². The zero-order chi connectivity index (χ0) is 16.2. The van der Waals surface area contributed by atoms with E-state index in [2.05, 4.69) is 15.9 Å². The maximum absolute atomic E-state index is 11.5. The summed E-state index contributed by atoms with van der Waals surface area (Å²) in [4.78, 5) is 11.5. The molecule has 0 saturated carbocycles. The Morgan fingerprint density at radius 3 is 2.38 bits per heavy atom. The fourth-order valence-corrected chi connectivity index (χ4v) is 2.84. The lowest BCUT2D eigenvalue weighted by atomic mass is 9.89. The molecule has 1 aromatic carbocycles. The molecule has 0 aliphatic carbocycles. The van der Waals surface area contributed by atoms with Crippen molar-refractivity contribution >= 4 is 27.5 Å². The molecule has 1 amide bonds. The minimum absolute atomic E-state index is 0.175. The van der Waals surface area contributed by atoms with Crippen molar-refractivity contribution in [2.24, 2.45) is 17.6 Å². The van der Waals surface area contributed by atoms with Gasteiger partial charge in [0.05, 0.1) is 24.4 Å². The van der Waals surface area contributed by atoms with Crippen LogP contribution >= 0.6 is 15.9 Å². The third-order valence-corrected chi connectivity index (χ3v) is 4.43. The predicted molar refractivity (Wildman–Crippen MR) is 87.5 cm³/mol. The van der Waals surface area contributed by atoms with Gasteiger partial charge in [0.1, 0.15) is 11.5 Å². The van der Waals surface area contributed by atoms with E-state index >= 15 is 0 Å². The molecule has 6 heteroatoms. The van der Waals surface area contributed by atoms with E-state index in [1.807, 2.05) is 19.9 Å². The lowest BCUT2D eigenvalue weighted by Crippen LogP contribution is -2.28. The van der Waals surface area contributed by atoms with Crippen molar-refractivity contribution in [2.45, 2.75) is 26.7 Å². The van der Waals surface area contributed by atoms with E-state index in [-0.39, 0.29) is 17.7 Å². The van der Waals surface area contributed by atoms with Crippen LogP contribution < -0.4 is 20.9 Å². The number of anilines is 1. The molecule has 0 saturated heterocycles. The number of primary amides is 1. The standard InChI is InChI=1S/C15H23BrN2O3/c1-8(2)10(15(18)19)6-5-9-7-11(20-3)12(16)13(17)14(9)21-4/h7-8,10H,5-6,17H2,1-4H3,(H2,18,19)/t10-/m0/s1. The summed E-state index contributed by atoms with van der Waals surface area (Å²) in [6.07, 6.45) is 1.29. The van der Waals surface area contributed by atoms with Crippen molar-refractivity contribution in [3.63, 3.8) is 0 Å². The Hall–Kier alpha value is -1.43. The first kappa shape index (κ1) is 17.6. The number of benzene rings is 1. The third kappa shape index (κ3) is 4.03. The number of carbonyl (C=O) groups excluding carboxylic acids is 1. The normalized spacial score (nSPS) is 12.3. The maximum Gasteiger partial charge on any atom is 0.220 e. The lowest BCUT2D eigenvalue weighted by Gasteiger charge is -2.19. The second-order valence-electron chi connectivity index (χ2n) is 5.29. The van der Waals surface area contributed by atoms with E-state index in [1.165, 1.54) is 0 Å². The Labute approximate surface area is 134 Å². The molecule has 0 aromatic heterocycles. The summed E-state index contributed by atoms with van der Waals surface area (Å²) in [6.45, 7) is 3.98. The molecule has 0 bridgehead atoms. The van der Waals surface area contributed by atoms with Gasteiger partial charge in [-0.25, -0.2) is 0 Å². The smallest absolute Gasteiger partial charge is 0.220 e. The molecule has 0 aliphatic heterocycles. The highest BCUT2D eigenvalue weighted by Gasteiger charge is 2.22. The molecule has 0 aliphatic rings. The fourth-order valence-electron chi connectivity index (χ4n) is 2.38. The van der Waals surface area contributed by atoms with E-state index in [9.17, 15) is 4.79 Å². The second kappa shape index (κ2) is 7.54. The summed E-state index contributed by atoms with van der Waals surface area (Å²) in [6, 6.07) is 1.87. The van der Waals surface area contributed by atoms with Crippen LogP contribution in [0.1, 0.15) is 25.8 Å². The van der Waals surface area contributed by atoms with Gasteiger partial charge in [-0.3, -0.25) is 4.79 Å². The molecular weight excluding hydrogens is 336 g/mol. The number of rotatable bonds is 7. The van der Waals surface area contributed by atoms with Gasteiger partial charge >= 0.3 is 0 Å². The average molecular weight is 359 g/mol. The molecule has 0 unspecified atom stereocenters. The Kier molecular flexibility index (Phi) is 6.33. The number of halogens is 1. The van der Waals surface area contributed by atoms with Gasteiger partial charge in [-0.1, -0.05) is 13.8 Å². The third-order valence-electron chi connectivity index (χ3n) is 3.61. The van der Waals surface area contributed by atoms with Crippen LogP contribution in [-0.2, 0) is 11.2 Å². The van der Waals surface area contributed by atoms with Crippen molar-refractivity contribution < 1.29 is 14.3 Å². The van der Waals surface area contributed by atoms with Crippen LogP contribution in [0.3, 0.4) is 0 Å². The van der Waals surface area contributed by atoms with Crippen LogP contribution in [0.25, 0.3) is 0 Å². The number of nitrogens with two attached hydrogens (primary N) is 2. The molecule has 1 rings (SSSR count). The zero-order valence-corrected chi connectivity index (χ0v) is 14.5. The summed E-state index contributed by atoms with van der Waals surface area (Å²) in [7, 11) is 3.15. The van der Waals surface area contributed by atoms with Crippen LogP contribution in [0.2, 0.25) is 0 Å². The van der Waals surface area contributed by atoms with Gasteiger partial charge in [0.15, 0.2) is 0 Å². The summed E-state index contributed by atoms with van der Waals surface area (Å²) >= 11 is 3.39. The Morgan fingerprint density at radius 2 is 1.95 bits per heavy atom. The van der Waals surface area contributed by atoms with Gasteiger partial charge in [0.25, 0.3) is 0 Å². The van der Waals surface area contributed by atoms with Gasteiger partial charge in [-0.15, -0.1) is 0 Å². The summed E-state index contributed by atoms with van der Waals surface area (Å²) < 4.78 is 11.3. The van der Waals surface area contributed by atoms with Crippen molar-refractivity contribution in [3.8, 4) is 11.5 Å². The molecule has 21 heavy (non-hydrogen) atoms. The van der Waals surface area contributed by atoms with Crippen LogP contribution in [-0.4, -0.2) is 20.1 Å². The molecule has 0 heterocycles. The molecule has 0 radical (unpaired) electrons.